The first-order chi connectivity index (χ1) is 15.6. The van der Waals surface area contributed by atoms with E-state index in [4.69, 9.17) is 0 Å². The second kappa shape index (κ2) is 9.07. The summed E-state index contributed by atoms with van der Waals surface area (Å²) in [5.41, 5.74) is 3.94. The number of carbonyl (C=O) groups is 2. The monoisotopic (exact) mass is 431 g/mol. The lowest BCUT2D eigenvalue weighted by Crippen LogP contribution is -2.49. The molecule has 0 aromatic heterocycles. The van der Waals surface area contributed by atoms with Crippen molar-refractivity contribution in [3.63, 3.8) is 0 Å². The molecule has 1 N–H and O–H groups in total. The van der Waals surface area contributed by atoms with Crippen molar-refractivity contribution < 1.29 is 9.59 Å². The summed E-state index contributed by atoms with van der Waals surface area (Å²) < 4.78 is 0. The summed E-state index contributed by atoms with van der Waals surface area (Å²) in [6.45, 7) is 2.44. The standard InChI is InChI=1S/C27H33N3O2/c1-29-15-16-30(25(18-29)20-9-3-2-4-10-20)27(32)23-14-13-22(28-26(31)21-11-12-21)17-24(23)19-7-5-6-8-19/h2-4,9-10,13-14,17,19,21,25H,5-8,11-12,15-16,18H2,1H3,(H,28,31)/t25-/m1/s1. The van der Waals surface area contributed by atoms with Crippen molar-refractivity contribution in [2.75, 3.05) is 32.0 Å². The van der Waals surface area contributed by atoms with Gasteiger partial charge in [0.2, 0.25) is 5.91 Å². The highest BCUT2D eigenvalue weighted by molar-refractivity contribution is 5.98. The first-order valence-corrected chi connectivity index (χ1v) is 12.1. The fraction of sp³-hybridized carbons (Fsp3) is 0.481. The molecule has 32 heavy (non-hydrogen) atoms. The second-order valence-electron chi connectivity index (χ2n) is 9.73. The third kappa shape index (κ3) is 4.44. The molecule has 1 aliphatic heterocycles. The highest BCUT2D eigenvalue weighted by Gasteiger charge is 2.34. The van der Waals surface area contributed by atoms with Crippen LogP contribution < -0.4 is 5.32 Å². The van der Waals surface area contributed by atoms with Crippen LogP contribution in [-0.4, -0.2) is 48.3 Å². The van der Waals surface area contributed by atoms with Crippen LogP contribution in [0, 0.1) is 5.92 Å². The fourth-order valence-corrected chi connectivity index (χ4v) is 5.28. The Morgan fingerprint density at radius 2 is 1.69 bits per heavy atom. The molecule has 2 aliphatic carbocycles. The van der Waals surface area contributed by atoms with Crippen molar-refractivity contribution in [3.05, 3.63) is 65.2 Å². The van der Waals surface area contributed by atoms with E-state index >= 15 is 0 Å². The molecule has 0 bridgehead atoms. The molecule has 1 heterocycles. The smallest absolute Gasteiger partial charge is 0.254 e. The molecule has 1 atom stereocenters. The lowest BCUT2D eigenvalue weighted by Gasteiger charge is -2.40. The maximum absolute atomic E-state index is 13.9. The van der Waals surface area contributed by atoms with Gasteiger partial charge in [0, 0.05) is 36.8 Å². The zero-order valence-corrected chi connectivity index (χ0v) is 18.9. The largest absolute Gasteiger partial charge is 0.329 e. The van der Waals surface area contributed by atoms with E-state index in [1.54, 1.807) is 0 Å². The van der Waals surface area contributed by atoms with E-state index in [9.17, 15) is 9.59 Å². The highest BCUT2D eigenvalue weighted by Crippen LogP contribution is 2.39. The van der Waals surface area contributed by atoms with E-state index in [0.717, 1.165) is 62.1 Å². The van der Waals surface area contributed by atoms with E-state index in [-0.39, 0.29) is 23.8 Å². The summed E-state index contributed by atoms with van der Waals surface area (Å²) in [6.07, 6.45) is 6.62. The van der Waals surface area contributed by atoms with E-state index in [1.807, 2.05) is 30.3 Å². The van der Waals surface area contributed by atoms with Gasteiger partial charge in [0.05, 0.1) is 6.04 Å². The first kappa shape index (κ1) is 21.2. The normalized spacial score (nSPS) is 22.2. The lowest BCUT2D eigenvalue weighted by molar-refractivity contribution is -0.117. The van der Waals surface area contributed by atoms with Crippen molar-refractivity contribution in [1.29, 1.82) is 0 Å². The molecule has 3 aliphatic rings. The van der Waals surface area contributed by atoms with E-state index in [0.29, 0.717) is 5.92 Å². The Bertz CT molecular complexity index is 980. The van der Waals surface area contributed by atoms with Gasteiger partial charge in [-0.25, -0.2) is 0 Å². The SMILES string of the molecule is CN1CCN(C(=O)c2ccc(NC(=O)C3CC3)cc2C2CCCC2)[C@@H](c2ccccc2)C1. The van der Waals surface area contributed by atoms with Crippen molar-refractivity contribution in [3.8, 4) is 0 Å². The number of hydrogen-bond donors (Lipinski definition) is 1. The number of nitrogens with one attached hydrogen (secondary N) is 1. The minimum Gasteiger partial charge on any atom is -0.329 e. The van der Waals surface area contributed by atoms with Gasteiger partial charge in [-0.1, -0.05) is 43.2 Å². The third-order valence-corrected chi connectivity index (χ3v) is 7.32. The van der Waals surface area contributed by atoms with Crippen molar-refractivity contribution >= 4 is 17.5 Å². The molecule has 0 spiro atoms. The molecular formula is C27H33N3O2. The molecule has 2 aromatic rings. The molecular weight excluding hydrogens is 398 g/mol. The Morgan fingerprint density at radius 1 is 0.938 bits per heavy atom. The van der Waals surface area contributed by atoms with Gasteiger partial charge in [0.15, 0.2) is 0 Å². The van der Waals surface area contributed by atoms with Crippen LogP contribution in [0.25, 0.3) is 0 Å². The number of rotatable bonds is 5. The highest BCUT2D eigenvalue weighted by atomic mass is 16.2. The number of nitrogens with zero attached hydrogens (tertiary/aromatic N) is 2. The number of benzene rings is 2. The van der Waals surface area contributed by atoms with Crippen molar-refractivity contribution in [1.82, 2.24) is 9.80 Å². The zero-order valence-electron chi connectivity index (χ0n) is 18.9. The van der Waals surface area contributed by atoms with Crippen LogP contribution in [-0.2, 0) is 4.79 Å². The predicted molar refractivity (Wildman–Crippen MR) is 127 cm³/mol. The fourth-order valence-electron chi connectivity index (χ4n) is 5.28. The number of piperazine rings is 1. The van der Waals surface area contributed by atoms with Crippen molar-refractivity contribution in [2.24, 2.45) is 5.92 Å². The van der Waals surface area contributed by atoms with E-state index in [1.165, 1.54) is 18.4 Å². The van der Waals surface area contributed by atoms with E-state index < -0.39 is 0 Å². The van der Waals surface area contributed by atoms with Gasteiger partial charge in [0.25, 0.3) is 5.91 Å². The molecule has 5 heteroatoms. The van der Waals surface area contributed by atoms with Gasteiger partial charge in [-0.3, -0.25) is 9.59 Å². The van der Waals surface area contributed by atoms with Gasteiger partial charge in [0.1, 0.15) is 0 Å². The molecule has 1 saturated heterocycles. The Hall–Kier alpha value is -2.66. The minimum atomic E-state index is 0.0492. The topological polar surface area (TPSA) is 52.6 Å². The van der Waals surface area contributed by atoms with Gasteiger partial charge in [-0.2, -0.15) is 0 Å². The number of likely N-dealkylation sites (N-methyl/N-ethyl adjacent to an activating group) is 1. The Morgan fingerprint density at radius 3 is 2.41 bits per heavy atom. The van der Waals surface area contributed by atoms with Crippen LogP contribution in [0.4, 0.5) is 5.69 Å². The number of hydrogen-bond acceptors (Lipinski definition) is 3. The van der Waals surface area contributed by atoms with Crippen LogP contribution in [0.3, 0.4) is 0 Å². The molecule has 168 valence electrons. The molecule has 5 nitrogen and oxygen atoms in total. The first-order valence-electron chi connectivity index (χ1n) is 12.1. The van der Waals surface area contributed by atoms with Crippen LogP contribution >= 0.6 is 0 Å². The van der Waals surface area contributed by atoms with Crippen LogP contribution in [0.5, 0.6) is 0 Å². The molecule has 0 unspecified atom stereocenters. The number of amides is 2. The van der Waals surface area contributed by atoms with Gasteiger partial charge in [-0.05, 0) is 68.0 Å². The molecule has 5 rings (SSSR count). The average molecular weight is 432 g/mol. The lowest BCUT2D eigenvalue weighted by atomic mass is 9.90. The quantitative estimate of drug-likeness (QED) is 0.738. The van der Waals surface area contributed by atoms with Gasteiger partial charge >= 0.3 is 0 Å². The molecule has 0 radical (unpaired) electrons. The molecule has 2 amide bonds. The van der Waals surface area contributed by atoms with Gasteiger partial charge in [-0.15, -0.1) is 0 Å². The minimum absolute atomic E-state index is 0.0492. The van der Waals surface area contributed by atoms with Crippen LogP contribution in [0.2, 0.25) is 0 Å². The second-order valence-corrected chi connectivity index (χ2v) is 9.73. The Labute approximate surface area is 190 Å². The summed E-state index contributed by atoms with van der Waals surface area (Å²) >= 11 is 0. The number of anilines is 1. The molecule has 2 aromatic carbocycles. The maximum atomic E-state index is 13.9. The average Bonchev–Trinajstić information content (AvgIpc) is 3.53. The van der Waals surface area contributed by atoms with Crippen molar-refractivity contribution in [2.45, 2.75) is 50.5 Å². The van der Waals surface area contributed by atoms with E-state index in [2.05, 4.69) is 40.4 Å². The predicted octanol–water partition coefficient (Wildman–Crippen LogP) is 4.82. The molecule has 2 saturated carbocycles. The Kier molecular flexibility index (Phi) is 6.01. The summed E-state index contributed by atoms with van der Waals surface area (Å²) in [4.78, 5) is 30.6. The zero-order chi connectivity index (χ0) is 22.1. The summed E-state index contributed by atoms with van der Waals surface area (Å²) in [5, 5.41) is 3.08. The van der Waals surface area contributed by atoms with Gasteiger partial charge < -0.3 is 15.1 Å². The summed E-state index contributed by atoms with van der Waals surface area (Å²) in [7, 11) is 2.12. The maximum Gasteiger partial charge on any atom is 0.254 e. The molecule has 3 fully saturated rings. The summed E-state index contributed by atoms with van der Waals surface area (Å²) in [6, 6.07) is 16.4. The van der Waals surface area contributed by atoms with Crippen LogP contribution in [0.15, 0.2) is 48.5 Å². The summed E-state index contributed by atoms with van der Waals surface area (Å²) in [5.74, 6) is 0.802. The number of carbonyl (C=O) groups excluding carboxylic acids is 2. The Balaban J connectivity index is 1.46. The third-order valence-electron chi connectivity index (χ3n) is 7.32. The van der Waals surface area contributed by atoms with Crippen LogP contribution in [0.1, 0.15) is 72.0 Å².